The lowest BCUT2D eigenvalue weighted by atomic mass is 10.2. The predicted octanol–water partition coefficient (Wildman–Crippen LogP) is 2.44. The third-order valence-corrected chi connectivity index (χ3v) is 4.02. The van der Waals surface area contributed by atoms with E-state index in [0.29, 0.717) is 15.3 Å². The van der Waals surface area contributed by atoms with Gasteiger partial charge in [0, 0.05) is 14.1 Å². The molecule has 1 heterocycles. The van der Waals surface area contributed by atoms with Crippen molar-refractivity contribution in [2.24, 2.45) is 0 Å². The van der Waals surface area contributed by atoms with Crippen LogP contribution in [0.25, 0.3) is 11.0 Å². The molecule has 94 valence electrons. The van der Waals surface area contributed by atoms with E-state index in [-0.39, 0.29) is 10.6 Å². The maximum absolute atomic E-state index is 11.8. The number of thioether (sulfide) groups is 1. The number of benzene rings is 1. The molecule has 0 atom stereocenters. The second kappa shape index (κ2) is 4.99. The van der Waals surface area contributed by atoms with Crippen molar-refractivity contribution in [1.29, 1.82) is 0 Å². The number of aromatic hydroxyl groups is 1. The number of hydrogen-bond donors (Lipinski definition) is 1. The molecule has 2 aromatic rings. The molecular formula is C12H11NO3S2. The van der Waals surface area contributed by atoms with Crippen LogP contribution in [0.1, 0.15) is 0 Å². The van der Waals surface area contributed by atoms with Crippen molar-refractivity contribution >= 4 is 39.3 Å². The summed E-state index contributed by atoms with van der Waals surface area (Å²) in [6, 6.07) is 6.83. The second-order valence-electron chi connectivity index (χ2n) is 3.83. The molecule has 0 amide bonds. The largest absolute Gasteiger partial charge is 0.506 e. The molecular weight excluding hydrogens is 270 g/mol. The lowest BCUT2D eigenvalue weighted by Crippen LogP contribution is -2.17. The van der Waals surface area contributed by atoms with Crippen molar-refractivity contribution in [3.05, 3.63) is 34.7 Å². The number of rotatable bonds is 1. The monoisotopic (exact) mass is 281 g/mol. The van der Waals surface area contributed by atoms with E-state index in [1.807, 2.05) is 0 Å². The van der Waals surface area contributed by atoms with Gasteiger partial charge in [-0.25, -0.2) is 4.79 Å². The molecule has 0 radical (unpaired) electrons. The highest BCUT2D eigenvalue weighted by Crippen LogP contribution is 2.33. The fraction of sp³-hybridized carbons (Fsp3) is 0.167. The zero-order valence-electron chi connectivity index (χ0n) is 9.84. The summed E-state index contributed by atoms with van der Waals surface area (Å²) in [5.41, 5.74) is -0.222. The summed E-state index contributed by atoms with van der Waals surface area (Å²) in [5.74, 6) is -0.0870. The first kappa shape index (κ1) is 12.9. The molecule has 0 aliphatic carbocycles. The Morgan fingerprint density at radius 2 is 2.06 bits per heavy atom. The van der Waals surface area contributed by atoms with Crippen LogP contribution in [0.15, 0.2) is 38.4 Å². The van der Waals surface area contributed by atoms with Gasteiger partial charge < -0.3 is 14.4 Å². The van der Waals surface area contributed by atoms with Gasteiger partial charge in [0.1, 0.15) is 20.5 Å². The van der Waals surface area contributed by atoms with Crippen LogP contribution in [0.2, 0.25) is 0 Å². The average Bonchev–Trinajstić information content (AvgIpc) is 2.34. The molecule has 0 saturated carbocycles. The van der Waals surface area contributed by atoms with Crippen LogP contribution in [0, 0.1) is 0 Å². The van der Waals surface area contributed by atoms with Crippen LogP contribution in [-0.4, -0.2) is 28.4 Å². The van der Waals surface area contributed by atoms with Gasteiger partial charge in [-0.3, -0.25) is 0 Å². The summed E-state index contributed by atoms with van der Waals surface area (Å²) in [7, 11) is 3.55. The van der Waals surface area contributed by atoms with E-state index in [2.05, 4.69) is 0 Å². The van der Waals surface area contributed by atoms with E-state index >= 15 is 0 Å². The van der Waals surface area contributed by atoms with Crippen molar-refractivity contribution in [1.82, 2.24) is 4.90 Å². The smallest absolute Gasteiger partial charge is 0.354 e. The number of para-hydroxylation sites is 1. The van der Waals surface area contributed by atoms with Crippen LogP contribution in [0.5, 0.6) is 5.75 Å². The van der Waals surface area contributed by atoms with Gasteiger partial charge in [-0.05, 0) is 23.9 Å². The number of fused-ring (bicyclic) bond motifs is 1. The minimum Gasteiger partial charge on any atom is -0.506 e. The summed E-state index contributed by atoms with van der Waals surface area (Å²) < 4.78 is 5.62. The molecule has 0 aliphatic heterocycles. The van der Waals surface area contributed by atoms with E-state index in [0.717, 1.165) is 11.8 Å². The minimum absolute atomic E-state index is 0.0870. The van der Waals surface area contributed by atoms with E-state index in [1.54, 1.807) is 43.3 Å². The third-order valence-electron chi connectivity index (χ3n) is 2.30. The highest BCUT2D eigenvalue weighted by Gasteiger charge is 2.16. The summed E-state index contributed by atoms with van der Waals surface area (Å²) in [4.78, 5) is 13.6. The molecule has 0 bridgehead atoms. The second-order valence-corrected chi connectivity index (χ2v) is 5.47. The SMILES string of the molecule is CN(C)C(=S)Sc1c(O)c2ccccc2oc1=O. The van der Waals surface area contributed by atoms with Gasteiger partial charge in [-0.15, -0.1) is 0 Å². The number of thiocarbonyl (C=S) groups is 1. The highest BCUT2D eigenvalue weighted by atomic mass is 32.2. The lowest BCUT2D eigenvalue weighted by Gasteiger charge is -2.12. The molecule has 0 fully saturated rings. The molecule has 18 heavy (non-hydrogen) atoms. The van der Waals surface area contributed by atoms with Gasteiger partial charge >= 0.3 is 5.63 Å². The Balaban J connectivity index is 2.58. The molecule has 4 nitrogen and oxygen atoms in total. The molecule has 0 aliphatic rings. The normalized spacial score (nSPS) is 10.6. The van der Waals surface area contributed by atoms with Crippen molar-refractivity contribution in [3.8, 4) is 5.75 Å². The third kappa shape index (κ3) is 2.34. The Morgan fingerprint density at radius 1 is 1.39 bits per heavy atom. The number of nitrogens with zero attached hydrogens (tertiary/aromatic N) is 1. The molecule has 1 N–H and O–H groups in total. The van der Waals surface area contributed by atoms with Gasteiger partial charge in [-0.1, -0.05) is 24.4 Å². The first-order chi connectivity index (χ1) is 8.50. The summed E-state index contributed by atoms with van der Waals surface area (Å²) in [6.45, 7) is 0. The molecule has 0 unspecified atom stereocenters. The quantitative estimate of drug-likeness (QED) is 0.492. The van der Waals surface area contributed by atoms with Crippen molar-refractivity contribution in [3.63, 3.8) is 0 Å². The Kier molecular flexibility index (Phi) is 3.58. The van der Waals surface area contributed by atoms with Crippen molar-refractivity contribution in [2.75, 3.05) is 14.1 Å². The van der Waals surface area contributed by atoms with Gasteiger partial charge in [0.15, 0.2) is 0 Å². The maximum atomic E-state index is 11.8. The van der Waals surface area contributed by atoms with E-state index < -0.39 is 5.63 Å². The van der Waals surface area contributed by atoms with Crippen molar-refractivity contribution < 1.29 is 9.52 Å². The van der Waals surface area contributed by atoms with Crippen LogP contribution >= 0.6 is 24.0 Å². The van der Waals surface area contributed by atoms with Gasteiger partial charge in [0.25, 0.3) is 0 Å². The Hall–Kier alpha value is -1.53. The minimum atomic E-state index is -0.583. The topological polar surface area (TPSA) is 53.7 Å². The molecule has 0 spiro atoms. The predicted molar refractivity (Wildman–Crippen MR) is 76.3 cm³/mol. The van der Waals surface area contributed by atoms with Crippen LogP contribution in [0.3, 0.4) is 0 Å². The Morgan fingerprint density at radius 3 is 2.72 bits per heavy atom. The van der Waals surface area contributed by atoms with Gasteiger partial charge in [-0.2, -0.15) is 0 Å². The van der Waals surface area contributed by atoms with E-state index in [1.165, 1.54) is 0 Å². The Labute approximate surface area is 113 Å². The fourth-order valence-corrected chi connectivity index (χ4v) is 2.32. The van der Waals surface area contributed by atoms with Crippen LogP contribution in [-0.2, 0) is 0 Å². The molecule has 2 rings (SSSR count). The summed E-state index contributed by atoms with van der Waals surface area (Å²) in [5, 5.41) is 10.6. The van der Waals surface area contributed by atoms with Gasteiger partial charge in [0.05, 0.1) is 5.39 Å². The highest BCUT2D eigenvalue weighted by molar-refractivity contribution is 8.23. The maximum Gasteiger partial charge on any atom is 0.354 e. The number of hydrogen-bond acceptors (Lipinski definition) is 5. The Bertz CT molecular complexity index is 664. The first-order valence-corrected chi connectivity index (χ1v) is 6.37. The first-order valence-electron chi connectivity index (χ1n) is 5.14. The van der Waals surface area contributed by atoms with Crippen LogP contribution < -0.4 is 5.63 Å². The summed E-state index contributed by atoms with van der Waals surface area (Å²) >= 11 is 6.12. The van der Waals surface area contributed by atoms with Crippen molar-refractivity contribution in [2.45, 2.75) is 4.90 Å². The van der Waals surface area contributed by atoms with E-state index in [9.17, 15) is 9.90 Å². The standard InChI is InChI=1S/C12H11NO3S2/c1-13(2)12(17)18-10-9(14)7-5-3-4-6-8(7)16-11(10)15/h3-6,14H,1-2H3. The molecule has 0 saturated heterocycles. The summed E-state index contributed by atoms with van der Waals surface area (Å²) in [6.07, 6.45) is 0. The molecule has 1 aromatic carbocycles. The van der Waals surface area contributed by atoms with Crippen LogP contribution in [0.4, 0.5) is 0 Å². The fourth-order valence-electron chi connectivity index (χ4n) is 1.39. The zero-order chi connectivity index (χ0) is 13.3. The molecule has 6 heteroatoms. The van der Waals surface area contributed by atoms with E-state index in [4.69, 9.17) is 16.6 Å². The lowest BCUT2D eigenvalue weighted by molar-refractivity contribution is 0.447. The average molecular weight is 281 g/mol. The zero-order valence-corrected chi connectivity index (χ0v) is 11.5. The molecule has 1 aromatic heterocycles. The van der Waals surface area contributed by atoms with Gasteiger partial charge in [0.2, 0.25) is 0 Å².